The molecular formula is C26H31FN8O. The number of aromatic nitrogens is 4. The van der Waals surface area contributed by atoms with E-state index in [4.69, 9.17) is 10.2 Å². The number of nitrogens with one attached hydrogen (secondary N) is 1. The number of nitriles is 1. The number of piperidine rings is 1. The van der Waals surface area contributed by atoms with E-state index in [0.29, 0.717) is 42.9 Å². The first-order chi connectivity index (χ1) is 17.2. The average Bonchev–Trinajstić information content (AvgIpc) is 2.82. The fourth-order valence-corrected chi connectivity index (χ4v) is 4.93. The summed E-state index contributed by atoms with van der Waals surface area (Å²) >= 11 is 0. The molecule has 36 heavy (non-hydrogen) atoms. The minimum atomic E-state index is -1.71. The number of pyridine rings is 2. The Balaban J connectivity index is 1.41. The molecule has 2 N–H and O–H groups in total. The summed E-state index contributed by atoms with van der Waals surface area (Å²) < 4.78 is 14.7. The molecule has 2 saturated heterocycles. The molecule has 0 radical (unpaired) electrons. The van der Waals surface area contributed by atoms with Crippen LogP contribution in [0, 0.1) is 17.2 Å². The molecule has 0 aliphatic carbocycles. The number of rotatable bonds is 6. The Kier molecular flexibility index (Phi) is 6.35. The van der Waals surface area contributed by atoms with Crippen molar-refractivity contribution in [3.63, 3.8) is 0 Å². The Bertz CT molecular complexity index is 1300. The van der Waals surface area contributed by atoms with Crippen LogP contribution >= 0.6 is 0 Å². The van der Waals surface area contributed by atoms with Crippen LogP contribution in [-0.4, -0.2) is 63.0 Å². The van der Waals surface area contributed by atoms with Crippen LogP contribution in [0.2, 0.25) is 0 Å². The molecule has 0 unspecified atom stereocenters. The van der Waals surface area contributed by atoms with Gasteiger partial charge in [-0.25, -0.2) is 19.3 Å². The van der Waals surface area contributed by atoms with Crippen molar-refractivity contribution >= 4 is 34.2 Å². The summed E-state index contributed by atoms with van der Waals surface area (Å²) in [4.78, 5) is 22.2. The van der Waals surface area contributed by atoms with Crippen molar-refractivity contribution in [3.8, 4) is 6.07 Å². The monoisotopic (exact) mass is 490 g/mol. The van der Waals surface area contributed by atoms with E-state index in [1.807, 2.05) is 18.5 Å². The Morgan fingerprint density at radius 3 is 2.72 bits per heavy atom. The number of hydrogen-bond donors (Lipinski definition) is 2. The van der Waals surface area contributed by atoms with E-state index in [2.05, 4.69) is 45.1 Å². The van der Waals surface area contributed by atoms with Crippen LogP contribution in [0.1, 0.15) is 45.1 Å². The first kappa shape index (κ1) is 24.1. The molecule has 2 aliphatic rings. The van der Waals surface area contributed by atoms with E-state index in [1.165, 1.54) is 6.92 Å². The lowest BCUT2D eigenvalue weighted by molar-refractivity contribution is -0.00860. The van der Waals surface area contributed by atoms with E-state index in [0.717, 1.165) is 35.2 Å². The van der Waals surface area contributed by atoms with Crippen LogP contribution in [-0.2, 0) is 0 Å². The molecule has 2 fully saturated rings. The molecule has 9 nitrogen and oxygen atoms in total. The molecule has 3 aromatic heterocycles. The summed E-state index contributed by atoms with van der Waals surface area (Å²) in [6.45, 7) is 7.85. The highest BCUT2D eigenvalue weighted by Gasteiger charge is 2.39. The van der Waals surface area contributed by atoms with Gasteiger partial charge in [-0.05, 0) is 42.3 Å². The van der Waals surface area contributed by atoms with Crippen LogP contribution < -0.4 is 15.1 Å². The van der Waals surface area contributed by atoms with Gasteiger partial charge in [-0.15, -0.1) is 0 Å². The predicted octanol–water partition coefficient (Wildman–Crippen LogP) is 3.94. The van der Waals surface area contributed by atoms with E-state index in [9.17, 15) is 9.50 Å². The van der Waals surface area contributed by atoms with Crippen LogP contribution in [0.4, 0.5) is 27.8 Å². The number of halogens is 1. The number of aliphatic hydroxyl groups excluding tert-OH is 1. The van der Waals surface area contributed by atoms with Gasteiger partial charge in [0.05, 0.1) is 18.7 Å². The van der Waals surface area contributed by atoms with Gasteiger partial charge in [-0.2, -0.15) is 10.2 Å². The van der Waals surface area contributed by atoms with Crippen LogP contribution in [0.3, 0.4) is 0 Å². The SMILES string of the molecule is CC(C)c1cnc(N2CC(CC#N)C2)c2cnc(Nc3ccnc(N4CC[C@@H](O)[C@@](C)(F)C4)n3)cc12. The van der Waals surface area contributed by atoms with Crippen molar-refractivity contribution in [2.45, 2.75) is 51.3 Å². The lowest BCUT2D eigenvalue weighted by atomic mass is 9.94. The van der Waals surface area contributed by atoms with Crippen LogP contribution in [0.25, 0.3) is 10.8 Å². The smallest absolute Gasteiger partial charge is 0.227 e. The van der Waals surface area contributed by atoms with E-state index < -0.39 is 11.8 Å². The third-order valence-corrected chi connectivity index (χ3v) is 7.09. The molecule has 0 spiro atoms. The fraction of sp³-hybridized carbons (Fsp3) is 0.500. The number of alkyl halides is 1. The van der Waals surface area contributed by atoms with E-state index in [1.54, 1.807) is 17.2 Å². The molecule has 3 aromatic rings. The maximum Gasteiger partial charge on any atom is 0.227 e. The summed E-state index contributed by atoms with van der Waals surface area (Å²) in [7, 11) is 0. The number of fused-ring (bicyclic) bond motifs is 1. The highest BCUT2D eigenvalue weighted by atomic mass is 19.1. The van der Waals surface area contributed by atoms with Crippen LogP contribution in [0.15, 0.2) is 30.7 Å². The van der Waals surface area contributed by atoms with Crippen LogP contribution in [0.5, 0.6) is 0 Å². The van der Waals surface area contributed by atoms with Gasteiger partial charge in [0.25, 0.3) is 0 Å². The van der Waals surface area contributed by atoms with Crippen molar-refractivity contribution in [1.82, 2.24) is 19.9 Å². The van der Waals surface area contributed by atoms with Gasteiger partial charge in [0.15, 0.2) is 5.67 Å². The maximum atomic E-state index is 14.7. The zero-order chi connectivity index (χ0) is 25.4. The molecule has 188 valence electrons. The fourth-order valence-electron chi connectivity index (χ4n) is 4.93. The van der Waals surface area contributed by atoms with Gasteiger partial charge in [0.2, 0.25) is 5.95 Å². The second-order valence-electron chi connectivity index (χ2n) is 10.3. The molecule has 5 rings (SSSR count). The summed E-state index contributed by atoms with van der Waals surface area (Å²) in [6, 6.07) is 6.02. The summed E-state index contributed by atoms with van der Waals surface area (Å²) in [5, 5.41) is 24.2. The average molecular weight is 491 g/mol. The predicted molar refractivity (Wildman–Crippen MR) is 137 cm³/mol. The number of aliphatic hydroxyl groups is 1. The van der Waals surface area contributed by atoms with Gasteiger partial charge in [-0.3, -0.25) is 0 Å². The number of nitrogens with zero attached hydrogens (tertiary/aromatic N) is 7. The molecule has 10 heteroatoms. The van der Waals surface area contributed by atoms with Gasteiger partial charge in [0, 0.05) is 55.9 Å². The maximum absolute atomic E-state index is 14.7. The zero-order valence-electron chi connectivity index (χ0n) is 20.8. The van der Waals surface area contributed by atoms with E-state index >= 15 is 0 Å². The summed E-state index contributed by atoms with van der Waals surface area (Å²) in [5.74, 6) is 3.17. The molecule has 2 atom stereocenters. The molecule has 2 aliphatic heterocycles. The summed E-state index contributed by atoms with van der Waals surface area (Å²) in [5.41, 5.74) is -0.583. The van der Waals surface area contributed by atoms with Crippen molar-refractivity contribution in [3.05, 3.63) is 36.3 Å². The van der Waals surface area contributed by atoms with E-state index in [-0.39, 0.29) is 12.5 Å². The third-order valence-electron chi connectivity index (χ3n) is 7.09. The zero-order valence-corrected chi connectivity index (χ0v) is 20.8. The molecular weight excluding hydrogens is 459 g/mol. The number of anilines is 4. The third kappa shape index (κ3) is 4.63. The Morgan fingerprint density at radius 2 is 2.00 bits per heavy atom. The Morgan fingerprint density at radius 1 is 1.19 bits per heavy atom. The largest absolute Gasteiger partial charge is 0.390 e. The molecule has 0 amide bonds. The molecule has 5 heterocycles. The van der Waals surface area contributed by atoms with Gasteiger partial charge in [-0.1, -0.05) is 13.8 Å². The van der Waals surface area contributed by atoms with Crippen molar-refractivity contribution in [2.75, 3.05) is 41.3 Å². The van der Waals surface area contributed by atoms with Crippen molar-refractivity contribution in [1.29, 1.82) is 5.26 Å². The second-order valence-corrected chi connectivity index (χ2v) is 10.3. The standard InChI is InChI=1S/C26H31FN8O/c1-16(2)19-11-31-24(35-13-17(14-35)4-7-28)20-12-30-23(10-18(19)20)32-22-5-8-29-25(33-22)34-9-6-21(36)26(3,27)15-34/h5,8,10-12,16-17,21,36H,4,6,9,13-15H2,1-3H3,(H,29,30,32,33)/t21-,26+/m1/s1. The minimum absolute atomic E-state index is 0.0328. The topological polar surface area (TPSA) is 114 Å². The van der Waals surface area contributed by atoms with Gasteiger partial charge in [0.1, 0.15) is 17.5 Å². The molecule has 0 aromatic carbocycles. The first-order valence-electron chi connectivity index (χ1n) is 12.4. The highest BCUT2D eigenvalue weighted by molar-refractivity contribution is 5.96. The quantitative estimate of drug-likeness (QED) is 0.530. The van der Waals surface area contributed by atoms with Gasteiger partial charge < -0.3 is 20.2 Å². The second kappa shape index (κ2) is 9.47. The normalized spacial score (nSPS) is 22.5. The number of hydrogen-bond acceptors (Lipinski definition) is 9. The minimum Gasteiger partial charge on any atom is -0.390 e. The molecule has 0 bridgehead atoms. The Hall–Kier alpha value is -3.58. The highest BCUT2D eigenvalue weighted by Crippen LogP contribution is 2.35. The first-order valence-corrected chi connectivity index (χ1v) is 12.4. The lowest BCUT2D eigenvalue weighted by Crippen LogP contribution is -2.52. The van der Waals surface area contributed by atoms with Crippen molar-refractivity contribution < 1.29 is 9.50 Å². The lowest BCUT2D eigenvalue weighted by Gasteiger charge is -2.39. The van der Waals surface area contributed by atoms with Crippen molar-refractivity contribution in [2.24, 2.45) is 5.92 Å². The van der Waals surface area contributed by atoms with Gasteiger partial charge >= 0.3 is 0 Å². The molecule has 0 saturated carbocycles. The Labute approximate surface area is 210 Å². The summed E-state index contributed by atoms with van der Waals surface area (Å²) in [6.07, 6.45) is 5.31.